The van der Waals surface area contributed by atoms with Crippen molar-refractivity contribution in [3.8, 4) is 5.69 Å². The van der Waals surface area contributed by atoms with Gasteiger partial charge in [0, 0.05) is 11.6 Å². The minimum Gasteiger partial charge on any atom is -0.463 e. The Morgan fingerprint density at radius 2 is 2.07 bits per heavy atom. The second-order valence-electron chi connectivity index (χ2n) is 6.10. The molecule has 11 heteroatoms. The zero-order valence-electron chi connectivity index (χ0n) is 15.1. The van der Waals surface area contributed by atoms with Crippen LogP contribution < -0.4 is 11.2 Å². The number of carbonyl (C=O) groups is 1. The minimum atomic E-state index is -4.57. The molecule has 0 saturated carbocycles. The zero-order valence-corrected chi connectivity index (χ0v) is 15.1. The van der Waals surface area contributed by atoms with Crippen LogP contribution in [0, 0.1) is 0 Å². The van der Waals surface area contributed by atoms with Crippen LogP contribution >= 0.6 is 0 Å². The lowest BCUT2D eigenvalue weighted by molar-refractivity contribution is -0.136. The van der Waals surface area contributed by atoms with Crippen LogP contribution in [0.4, 0.5) is 19.0 Å². The number of alkyl halides is 3. The van der Waals surface area contributed by atoms with Gasteiger partial charge in [0.25, 0.3) is 5.91 Å². The van der Waals surface area contributed by atoms with Crippen molar-refractivity contribution in [1.29, 1.82) is 0 Å². The molecule has 0 unspecified atom stereocenters. The van der Waals surface area contributed by atoms with E-state index in [2.05, 4.69) is 20.6 Å². The van der Waals surface area contributed by atoms with Crippen molar-refractivity contribution in [3.05, 3.63) is 71.9 Å². The summed E-state index contributed by atoms with van der Waals surface area (Å²) < 4.78 is 46.1. The number of carbonyl (C=O) groups excluding carboxylic acids is 1. The predicted molar refractivity (Wildman–Crippen MR) is 102 cm³/mol. The number of nitrogens with zero attached hydrogens (tertiary/aromatic N) is 4. The number of halogens is 3. The van der Waals surface area contributed by atoms with Gasteiger partial charge in [-0.2, -0.15) is 23.4 Å². The van der Waals surface area contributed by atoms with Gasteiger partial charge in [-0.15, -0.1) is 0 Å². The Morgan fingerprint density at radius 3 is 2.80 bits per heavy atom. The Morgan fingerprint density at radius 1 is 1.23 bits per heavy atom. The molecule has 0 spiro atoms. The number of amides is 1. The molecule has 1 aromatic carbocycles. The number of fused-ring (bicyclic) bond motifs is 1. The van der Waals surface area contributed by atoms with Crippen LogP contribution in [0.15, 0.2) is 64.6 Å². The van der Waals surface area contributed by atoms with Crippen LogP contribution in [0.1, 0.15) is 21.7 Å². The third kappa shape index (κ3) is 3.48. The lowest BCUT2D eigenvalue weighted by Crippen LogP contribution is -2.19. The van der Waals surface area contributed by atoms with E-state index < -0.39 is 17.6 Å². The largest absolute Gasteiger partial charge is 0.463 e. The molecule has 30 heavy (non-hydrogen) atoms. The number of benzene rings is 1. The normalized spacial score (nSPS) is 12.0. The quantitative estimate of drug-likeness (QED) is 0.393. The van der Waals surface area contributed by atoms with E-state index >= 15 is 0 Å². The van der Waals surface area contributed by atoms with Gasteiger partial charge in [-0.1, -0.05) is 12.1 Å². The standard InChI is InChI=1S/C19H13F3N6O2/c20-19(21,22)14-5-1-4-12-15(6-7-24-16(12)14)28-17(23)13(10-26-28)18(29)27-25-9-11-3-2-8-30-11/h1-10H,23H2,(H,27,29)/b25-9+. The molecule has 0 bridgehead atoms. The number of hydrazone groups is 1. The number of aromatic nitrogens is 3. The van der Waals surface area contributed by atoms with E-state index in [0.717, 1.165) is 6.07 Å². The van der Waals surface area contributed by atoms with Crippen molar-refractivity contribution in [2.45, 2.75) is 6.18 Å². The molecule has 0 aliphatic heterocycles. The second-order valence-corrected chi connectivity index (χ2v) is 6.10. The number of rotatable bonds is 4. The van der Waals surface area contributed by atoms with Gasteiger partial charge in [0.1, 0.15) is 17.1 Å². The fourth-order valence-electron chi connectivity index (χ4n) is 2.88. The average Bonchev–Trinajstić information content (AvgIpc) is 3.36. The highest BCUT2D eigenvalue weighted by molar-refractivity contribution is 5.99. The van der Waals surface area contributed by atoms with Gasteiger partial charge in [0.15, 0.2) is 0 Å². The topological polar surface area (TPSA) is 111 Å². The summed E-state index contributed by atoms with van der Waals surface area (Å²) in [6.45, 7) is 0. The number of hydrogen-bond donors (Lipinski definition) is 2. The smallest absolute Gasteiger partial charge is 0.418 e. The summed E-state index contributed by atoms with van der Waals surface area (Å²) in [5.74, 6) is -0.274. The number of nitrogens with two attached hydrogens (primary N) is 1. The first kappa shape index (κ1) is 19.2. The number of anilines is 1. The van der Waals surface area contributed by atoms with E-state index in [1.54, 1.807) is 12.1 Å². The first-order valence-electron chi connectivity index (χ1n) is 8.52. The first-order valence-corrected chi connectivity index (χ1v) is 8.52. The maximum absolute atomic E-state index is 13.3. The average molecular weight is 414 g/mol. The Balaban J connectivity index is 1.69. The molecule has 0 fully saturated rings. The summed E-state index contributed by atoms with van der Waals surface area (Å²) in [6.07, 6.45) is 0.605. The lowest BCUT2D eigenvalue weighted by atomic mass is 10.1. The summed E-state index contributed by atoms with van der Waals surface area (Å²) in [6, 6.07) is 8.46. The monoisotopic (exact) mass is 414 g/mol. The number of para-hydroxylation sites is 1. The summed E-state index contributed by atoms with van der Waals surface area (Å²) in [5.41, 5.74) is 7.46. The van der Waals surface area contributed by atoms with Crippen molar-refractivity contribution >= 4 is 28.8 Å². The highest BCUT2D eigenvalue weighted by atomic mass is 19.4. The molecule has 152 valence electrons. The number of pyridine rings is 1. The second kappa shape index (κ2) is 7.35. The number of furan rings is 1. The van der Waals surface area contributed by atoms with E-state index in [4.69, 9.17) is 10.2 Å². The van der Waals surface area contributed by atoms with Gasteiger partial charge in [-0.05, 0) is 24.3 Å². The maximum atomic E-state index is 13.3. The Labute approximate surface area is 166 Å². The van der Waals surface area contributed by atoms with E-state index in [0.29, 0.717) is 5.76 Å². The molecule has 8 nitrogen and oxygen atoms in total. The zero-order chi connectivity index (χ0) is 21.3. The van der Waals surface area contributed by atoms with Crippen molar-refractivity contribution < 1.29 is 22.4 Å². The molecular weight excluding hydrogens is 401 g/mol. The number of nitrogen functional groups attached to an aromatic ring is 1. The van der Waals surface area contributed by atoms with E-state index in [9.17, 15) is 18.0 Å². The van der Waals surface area contributed by atoms with Crippen LogP contribution in [0.3, 0.4) is 0 Å². The Hall–Kier alpha value is -4.15. The van der Waals surface area contributed by atoms with Crippen LogP contribution in [0.25, 0.3) is 16.6 Å². The Bertz CT molecular complexity index is 1250. The highest BCUT2D eigenvalue weighted by Crippen LogP contribution is 2.35. The third-order valence-electron chi connectivity index (χ3n) is 4.23. The summed E-state index contributed by atoms with van der Waals surface area (Å²) in [7, 11) is 0. The maximum Gasteiger partial charge on any atom is 0.418 e. The molecule has 0 aliphatic carbocycles. The fraction of sp³-hybridized carbons (Fsp3) is 0.0526. The van der Waals surface area contributed by atoms with E-state index in [1.807, 2.05) is 0 Å². The molecule has 3 aromatic heterocycles. The highest BCUT2D eigenvalue weighted by Gasteiger charge is 2.33. The summed E-state index contributed by atoms with van der Waals surface area (Å²) in [4.78, 5) is 16.2. The lowest BCUT2D eigenvalue weighted by Gasteiger charge is -2.12. The SMILES string of the molecule is Nc1c(C(=O)N/N=C/c2ccco2)cnn1-c1ccnc2c(C(F)(F)F)cccc12. The van der Waals surface area contributed by atoms with Gasteiger partial charge in [0.2, 0.25) is 0 Å². The molecule has 0 saturated heterocycles. The number of hydrogen-bond acceptors (Lipinski definition) is 6. The number of nitrogens with one attached hydrogen (secondary N) is 1. The molecular formula is C19H13F3N6O2. The molecule has 3 heterocycles. The van der Waals surface area contributed by atoms with Gasteiger partial charge >= 0.3 is 6.18 Å². The third-order valence-corrected chi connectivity index (χ3v) is 4.23. The molecule has 1 amide bonds. The molecule has 4 rings (SSSR count). The molecule has 0 aliphatic rings. The van der Waals surface area contributed by atoms with Gasteiger partial charge in [-0.25, -0.2) is 10.1 Å². The van der Waals surface area contributed by atoms with Crippen molar-refractivity contribution in [3.63, 3.8) is 0 Å². The predicted octanol–water partition coefficient (Wildman–Crippen LogP) is 3.38. The molecule has 3 N–H and O–H groups in total. The van der Waals surface area contributed by atoms with Crippen LogP contribution in [0.2, 0.25) is 0 Å². The van der Waals surface area contributed by atoms with E-state index in [-0.39, 0.29) is 28.0 Å². The van der Waals surface area contributed by atoms with Crippen molar-refractivity contribution in [2.24, 2.45) is 5.10 Å². The summed E-state index contributed by atoms with van der Waals surface area (Å²) in [5, 5.41) is 8.00. The van der Waals surface area contributed by atoms with Crippen LogP contribution in [-0.4, -0.2) is 26.9 Å². The van der Waals surface area contributed by atoms with Crippen molar-refractivity contribution in [1.82, 2.24) is 20.2 Å². The van der Waals surface area contributed by atoms with Crippen LogP contribution in [-0.2, 0) is 6.18 Å². The van der Waals surface area contributed by atoms with Gasteiger partial charge in [0.05, 0.1) is 35.4 Å². The molecule has 0 radical (unpaired) electrons. The van der Waals surface area contributed by atoms with Crippen molar-refractivity contribution in [2.75, 3.05) is 5.73 Å². The van der Waals surface area contributed by atoms with Gasteiger partial charge < -0.3 is 10.2 Å². The Kier molecular flexibility index (Phi) is 4.70. The van der Waals surface area contributed by atoms with Crippen LogP contribution in [0.5, 0.6) is 0 Å². The summed E-state index contributed by atoms with van der Waals surface area (Å²) >= 11 is 0. The van der Waals surface area contributed by atoms with Gasteiger partial charge in [-0.3, -0.25) is 9.78 Å². The van der Waals surface area contributed by atoms with E-state index in [1.165, 1.54) is 47.8 Å². The molecule has 0 atom stereocenters. The molecule has 4 aromatic rings. The minimum absolute atomic E-state index is 0.00327. The fourth-order valence-corrected chi connectivity index (χ4v) is 2.88. The first-order chi connectivity index (χ1) is 14.4.